The number of carbonyl (C=O) groups is 2. The molecule has 0 bridgehead atoms. The summed E-state index contributed by atoms with van der Waals surface area (Å²) in [4.78, 5) is 28.5. The molecule has 3 amide bonds. The fourth-order valence-electron chi connectivity index (χ4n) is 5.15. The minimum atomic E-state index is -0.589. The molecule has 0 saturated heterocycles. The molecule has 188 valence electrons. The average Bonchev–Trinajstić information content (AvgIpc) is 2.90. The number of hydrogen-bond acceptors (Lipinski definition) is 4. The predicted molar refractivity (Wildman–Crippen MR) is 136 cm³/mol. The molecule has 35 heavy (non-hydrogen) atoms. The topological polar surface area (TPSA) is 79.9 Å². The summed E-state index contributed by atoms with van der Waals surface area (Å²) in [6.07, 6.45) is 4.52. The molecule has 7 heteroatoms. The van der Waals surface area contributed by atoms with Crippen LogP contribution in [0.5, 0.6) is 11.5 Å². The number of nitrogens with one attached hydrogen (secondary N) is 2. The number of nitrogens with zero attached hydrogens (tertiary/aromatic N) is 1. The molecule has 0 aromatic heterocycles. The van der Waals surface area contributed by atoms with Crippen molar-refractivity contribution in [3.05, 3.63) is 58.7 Å². The molecule has 0 radical (unpaired) electrons. The third-order valence-corrected chi connectivity index (χ3v) is 7.47. The van der Waals surface area contributed by atoms with Crippen LogP contribution in [-0.4, -0.2) is 43.6 Å². The van der Waals surface area contributed by atoms with Crippen molar-refractivity contribution in [2.45, 2.75) is 64.6 Å². The summed E-state index contributed by atoms with van der Waals surface area (Å²) in [6.45, 7) is 5.11. The van der Waals surface area contributed by atoms with Crippen molar-refractivity contribution < 1.29 is 19.1 Å². The van der Waals surface area contributed by atoms with E-state index in [4.69, 9.17) is 9.47 Å². The van der Waals surface area contributed by atoms with Crippen LogP contribution in [0.4, 0.5) is 4.79 Å². The van der Waals surface area contributed by atoms with Crippen molar-refractivity contribution in [2.75, 3.05) is 20.8 Å². The average molecular weight is 480 g/mol. The van der Waals surface area contributed by atoms with Crippen LogP contribution in [-0.2, 0) is 24.2 Å². The summed E-state index contributed by atoms with van der Waals surface area (Å²) < 4.78 is 10.9. The molecule has 3 atom stereocenters. The monoisotopic (exact) mass is 479 g/mol. The smallest absolute Gasteiger partial charge is 0.318 e. The van der Waals surface area contributed by atoms with Crippen molar-refractivity contribution in [1.82, 2.24) is 15.5 Å². The molecule has 1 heterocycles. The van der Waals surface area contributed by atoms with Gasteiger partial charge in [-0.3, -0.25) is 4.79 Å². The number of methoxy groups -OCH3 is 2. The first-order chi connectivity index (χ1) is 16.9. The van der Waals surface area contributed by atoms with Gasteiger partial charge in [-0.15, -0.1) is 0 Å². The van der Waals surface area contributed by atoms with E-state index in [1.165, 1.54) is 11.1 Å². The van der Waals surface area contributed by atoms with Crippen LogP contribution in [0.3, 0.4) is 0 Å². The zero-order chi connectivity index (χ0) is 24.9. The van der Waals surface area contributed by atoms with Crippen LogP contribution in [0.1, 0.15) is 61.4 Å². The number of urea groups is 1. The van der Waals surface area contributed by atoms with Gasteiger partial charge in [-0.25, -0.2) is 4.79 Å². The van der Waals surface area contributed by atoms with Crippen molar-refractivity contribution >= 4 is 11.9 Å². The SMILES string of the molecule is CC[C@@H](C)[C@H](NC(=O)N1CCc2cc(OC)c(OC)cc2C1)C(=O)N[C@@H]1CCCc2ccccc21. The first-order valence-corrected chi connectivity index (χ1v) is 12.6. The molecular formula is C28H37N3O4. The van der Waals surface area contributed by atoms with E-state index in [0.717, 1.165) is 43.2 Å². The van der Waals surface area contributed by atoms with Crippen LogP contribution >= 0.6 is 0 Å². The van der Waals surface area contributed by atoms with E-state index in [0.29, 0.717) is 24.6 Å². The molecule has 1 aliphatic heterocycles. The summed E-state index contributed by atoms with van der Waals surface area (Å²) in [5.41, 5.74) is 4.68. The molecule has 0 spiro atoms. The fourth-order valence-corrected chi connectivity index (χ4v) is 5.15. The molecule has 2 aliphatic rings. The number of benzene rings is 2. The summed E-state index contributed by atoms with van der Waals surface area (Å²) in [5.74, 6) is 1.25. The Morgan fingerprint density at radius 2 is 1.77 bits per heavy atom. The number of amides is 3. The number of carbonyl (C=O) groups excluding carboxylic acids is 2. The number of rotatable bonds is 7. The highest BCUT2D eigenvalue weighted by molar-refractivity contribution is 5.87. The van der Waals surface area contributed by atoms with Gasteiger partial charge in [0.2, 0.25) is 5.91 Å². The van der Waals surface area contributed by atoms with Crippen molar-refractivity contribution in [2.24, 2.45) is 5.92 Å². The number of aryl methyl sites for hydroxylation is 1. The largest absolute Gasteiger partial charge is 0.493 e. The highest BCUT2D eigenvalue weighted by Crippen LogP contribution is 2.33. The second-order valence-corrected chi connectivity index (χ2v) is 9.61. The Morgan fingerprint density at radius 1 is 1.06 bits per heavy atom. The van der Waals surface area contributed by atoms with Gasteiger partial charge in [0.15, 0.2) is 11.5 Å². The van der Waals surface area contributed by atoms with Crippen LogP contribution in [0.25, 0.3) is 0 Å². The number of ether oxygens (including phenoxy) is 2. The van der Waals surface area contributed by atoms with E-state index in [-0.39, 0.29) is 23.9 Å². The molecule has 0 fully saturated rings. The van der Waals surface area contributed by atoms with Crippen molar-refractivity contribution in [3.63, 3.8) is 0 Å². The van der Waals surface area contributed by atoms with Gasteiger partial charge in [-0.05, 0) is 66.0 Å². The first-order valence-electron chi connectivity index (χ1n) is 12.6. The second-order valence-electron chi connectivity index (χ2n) is 9.61. The lowest BCUT2D eigenvalue weighted by Crippen LogP contribution is -2.55. The first kappa shape index (κ1) is 24.9. The standard InChI is InChI=1S/C28H37N3O4/c1-5-18(2)26(27(32)29-23-12-8-10-19-9-6-7-11-22(19)23)30-28(33)31-14-13-20-15-24(34-3)25(35-4)16-21(20)17-31/h6-7,9,11,15-16,18,23,26H,5,8,10,12-14,17H2,1-4H3,(H,29,32)(H,30,33)/t18-,23-,26+/m1/s1. The number of fused-ring (bicyclic) bond motifs is 2. The predicted octanol–water partition coefficient (Wildman–Crippen LogP) is 4.38. The quantitative estimate of drug-likeness (QED) is 0.618. The minimum absolute atomic E-state index is 0.0132. The highest BCUT2D eigenvalue weighted by atomic mass is 16.5. The van der Waals surface area contributed by atoms with Gasteiger partial charge in [0, 0.05) is 13.1 Å². The summed E-state index contributed by atoms with van der Waals surface area (Å²) in [6, 6.07) is 11.4. The van der Waals surface area contributed by atoms with E-state index in [2.05, 4.69) is 22.8 Å². The molecule has 1 aliphatic carbocycles. The molecule has 2 aromatic carbocycles. The number of hydrogen-bond donors (Lipinski definition) is 2. The molecule has 2 aromatic rings. The molecular weight excluding hydrogens is 442 g/mol. The van der Waals surface area contributed by atoms with Crippen molar-refractivity contribution in [3.8, 4) is 11.5 Å². The van der Waals surface area contributed by atoms with E-state index < -0.39 is 6.04 Å². The van der Waals surface area contributed by atoms with Gasteiger partial charge in [0.1, 0.15) is 6.04 Å². The molecule has 7 nitrogen and oxygen atoms in total. The fraction of sp³-hybridized carbons (Fsp3) is 0.500. The molecule has 2 N–H and O–H groups in total. The lowest BCUT2D eigenvalue weighted by molar-refractivity contribution is -0.125. The summed E-state index contributed by atoms with van der Waals surface area (Å²) in [5, 5.41) is 6.29. The van der Waals surface area contributed by atoms with E-state index in [9.17, 15) is 9.59 Å². The zero-order valence-electron chi connectivity index (χ0n) is 21.2. The van der Waals surface area contributed by atoms with E-state index >= 15 is 0 Å². The van der Waals surface area contributed by atoms with Crippen LogP contribution < -0.4 is 20.1 Å². The Hall–Kier alpha value is -3.22. The highest BCUT2D eigenvalue weighted by Gasteiger charge is 2.32. The Balaban J connectivity index is 1.46. The van der Waals surface area contributed by atoms with Gasteiger partial charge in [-0.2, -0.15) is 0 Å². The van der Waals surface area contributed by atoms with Crippen LogP contribution in [0.2, 0.25) is 0 Å². The van der Waals surface area contributed by atoms with E-state index in [1.54, 1.807) is 19.1 Å². The van der Waals surface area contributed by atoms with Crippen LogP contribution in [0, 0.1) is 5.92 Å². The van der Waals surface area contributed by atoms with Gasteiger partial charge in [0.05, 0.1) is 20.3 Å². The molecule has 0 unspecified atom stereocenters. The van der Waals surface area contributed by atoms with Gasteiger partial charge < -0.3 is 25.0 Å². The Bertz CT molecular complexity index is 1070. The lowest BCUT2D eigenvalue weighted by atomic mass is 9.87. The Labute approximate surface area is 208 Å². The van der Waals surface area contributed by atoms with Gasteiger partial charge >= 0.3 is 6.03 Å². The Kier molecular flexibility index (Phi) is 7.83. The van der Waals surface area contributed by atoms with E-state index in [1.807, 2.05) is 38.1 Å². The third kappa shape index (κ3) is 5.39. The second kappa shape index (κ2) is 11.0. The normalized spacial score (nSPS) is 18.5. The molecule has 0 saturated carbocycles. The molecule has 4 rings (SSSR count). The summed E-state index contributed by atoms with van der Waals surface area (Å²) >= 11 is 0. The van der Waals surface area contributed by atoms with Gasteiger partial charge in [0.25, 0.3) is 0 Å². The van der Waals surface area contributed by atoms with Crippen LogP contribution in [0.15, 0.2) is 36.4 Å². The maximum absolute atomic E-state index is 13.4. The van der Waals surface area contributed by atoms with Gasteiger partial charge in [-0.1, -0.05) is 44.5 Å². The minimum Gasteiger partial charge on any atom is -0.493 e. The lowest BCUT2D eigenvalue weighted by Gasteiger charge is -2.33. The maximum atomic E-state index is 13.4. The Morgan fingerprint density at radius 3 is 2.49 bits per heavy atom. The summed E-state index contributed by atoms with van der Waals surface area (Å²) in [7, 11) is 3.23. The van der Waals surface area contributed by atoms with Crippen molar-refractivity contribution in [1.29, 1.82) is 0 Å². The maximum Gasteiger partial charge on any atom is 0.318 e. The zero-order valence-corrected chi connectivity index (χ0v) is 21.2. The third-order valence-electron chi connectivity index (χ3n) is 7.47.